The lowest BCUT2D eigenvalue weighted by atomic mass is 9.91. The molecule has 0 amide bonds. The van der Waals surface area contributed by atoms with Crippen molar-refractivity contribution in [3.05, 3.63) is 0 Å². The maximum absolute atomic E-state index is 9.75. The summed E-state index contributed by atoms with van der Waals surface area (Å²) >= 11 is 0. The Balaban J connectivity index is 3.57. The summed E-state index contributed by atoms with van der Waals surface area (Å²) in [7, 11) is 0. The topological polar surface area (TPSA) is 40.5 Å². The van der Waals surface area contributed by atoms with Crippen LogP contribution < -0.4 is 0 Å². The molecule has 0 aliphatic carbocycles. The Morgan fingerprint density at radius 2 is 1.07 bits per heavy atom. The Labute approximate surface area is 88.3 Å². The van der Waals surface area contributed by atoms with Gasteiger partial charge in [0.1, 0.15) is 0 Å². The molecule has 2 atom stereocenters. The fourth-order valence-corrected chi connectivity index (χ4v) is 1.37. The normalized spacial score (nSPS) is 20.1. The molecule has 0 aliphatic heterocycles. The van der Waals surface area contributed by atoms with Crippen LogP contribution in [0.3, 0.4) is 0 Å². The Morgan fingerprint density at radius 1 is 0.786 bits per heavy atom. The number of aliphatic hydroxyl groups is 2. The number of unbranched alkanes of at least 4 members (excludes halogenated alkanes) is 1. The van der Waals surface area contributed by atoms with E-state index in [2.05, 4.69) is 0 Å². The number of hydrogen-bond acceptors (Lipinski definition) is 2. The van der Waals surface area contributed by atoms with Gasteiger partial charge < -0.3 is 10.2 Å². The van der Waals surface area contributed by atoms with Crippen molar-refractivity contribution in [2.24, 2.45) is 0 Å². The Morgan fingerprint density at radius 3 is 1.29 bits per heavy atom. The van der Waals surface area contributed by atoms with E-state index in [0.29, 0.717) is 0 Å². The quantitative estimate of drug-likeness (QED) is 0.623. The molecule has 14 heavy (non-hydrogen) atoms. The predicted octanol–water partition coefficient (Wildman–Crippen LogP) is 2.87. The second-order valence-electron chi connectivity index (χ2n) is 4.91. The summed E-state index contributed by atoms with van der Waals surface area (Å²) in [4.78, 5) is 0. The first-order valence-corrected chi connectivity index (χ1v) is 5.78. The van der Waals surface area contributed by atoms with Crippen LogP contribution in [0.15, 0.2) is 0 Å². The van der Waals surface area contributed by atoms with Crippen molar-refractivity contribution in [2.45, 2.75) is 77.4 Å². The minimum absolute atomic E-state index is 0.516. The largest absolute Gasteiger partial charge is 0.390 e. The molecule has 0 spiro atoms. The van der Waals surface area contributed by atoms with E-state index in [9.17, 15) is 10.2 Å². The van der Waals surface area contributed by atoms with E-state index in [0.717, 1.165) is 38.5 Å². The first kappa shape index (κ1) is 13.9. The van der Waals surface area contributed by atoms with Crippen LogP contribution >= 0.6 is 0 Å². The van der Waals surface area contributed by atoms with Crippen molar-refractivity contribution < 1.29 is 10.2 Å². The maximum atomic E-state index is 9.75. The standard InChI is InChI=1S/C12H26O2/c1-5-11(3,13)9-7-8-10-12(4,14)6-2/h13-14H,5-10H2,1-4H3. The Hall–Kier alpha value is -0.0800. The fourth-order valence-electron chi connectivity index (χ4n) is 1.37. The van der Waals surface area contributed by atoms with Crippen LogP contribution in [0.2, 0.25) is 0 Å². The molecule has 0 saturated carbocycles. The first-order valence-electron chi connectivity index (χ1n) is 5.78. The number of rotatable bonds is 7. The molecule has 0 saturated heterocycles. The highest BCUT2D eigenvalue weighted by atomic mass is 16.3. The molecule has 2 unspecified atom stereocenters. The highest BCUT2D eigenvalue weighted by molar-refractivity contribution is 4.73. The molecule has 86 valence electrons. The second-order valence-corrected chi connectivity index (χ2v) is 4.91. The van der Waals surface area contributed by atoms with Gasteiger partial charge in [0.15, 0.2) is 0 Å². The SMILES string of the molecule is CCC(C)(O)CCCCC(C)(O)CC. The van der Waals surface area contributed by atoms with Gasteiger partial charge in [-0.3, -0.25) is 0 Å². The van der Waals surface area contributed by atoms with E-state index in [1.807, 2.05) is 27.7 Å². The van der Waals surface area contributed by atoms with Crippen molar-refractivity contribution in [3.8, 4) is 0 Å². The van der Waals surface area contributed by atoms with E-state index in [1.165, 1.54) is 0 Å². The molecular formula is C12H26O2. The zero-order valence-corrected chi connectivity index (χ0v) is 10.1. The minimum Gasteiger partial charge on any atom is -0.390 e. The van der Waals surface area contributed by atoms with Gasteiger partial charge in [-0.2, -0.15) is 0 Å². The monoisotopic (exact) mass is 202 g/mol. The highest BCUT2D eigenvalue weighted by Gasteiger charge is 2.19. The van der Waals surface area contributed by atoms with Crippen molar-refractivity contribution in [1.29, 1.82) is 0 Å². The molecule has 0 aromatic rings. The predicted molar refractivity (Wildman–Crippen MR) is 60.3 cm³/mol. The van der Waals surface area contributed by atoms with Gasteiger partial charge in [0.05, 0.1) is 11.2 Å². The highest BCUT2D eigenvalue weighted by Crippen LogP contribution is 2.22. The van der Waals surface area contributed by atoms with Gasteiger partial charge in [0.25, 0.3) is 0 Å². The van der Waals surface area contributed by atoms with E-state index >= 15 is 0 Å². The van der Waals surface area contributed by atoms with Gasteiger partial charge in [-0.1, -0.05) is 26.7 Å². The summed E-state index contributed by atoms with van der Waals surface area (Å²) in [6, 6.07) is 0. The summed E-state index contributed by atoms with van der Waals surface area (Å²) < 4.78 is 0. The maximum Gasteiger partial charge on any atom is 0.0617 e. The average Bonchev–Trinajstić information content (AvgIpc) is 2.13. The summed E-state index contributed by atoms with van der Waals surface area (Å²) in [6.45, 7) is 7.76. The van der Waals surface area contributed by atoms with Crippen LogP contribution in [-0.2, 0) is 0 Å². The van der Waals surface area contributed by atoms with Gasteiger partial charge in [-0.25, -0.2) is 0 Å². The molecular weight excluding hydrogens is 176 g/mol. The third-order valence-electron chi connectivity index (χ3n) is 3.20. The molecule has 2 nitrogen and oxygen atoms in total. The zero-order valence-electron chi connectivity index (χ0n) is 10.1. The summed E-state index contributed by atoms with van der Waals surface area (Å²) in [5, 5.41) is 19.5. The van der Waals surface area contributed by atoms with E-state index in [-0.39, 0.29) is 0 Å². The van der Waals surface area contributed by atoms with Crippen LogP contribution in [-0.4, -0.2) is 21.4 Å². The molecule has 0 radical (unpaired) electrons. The van der Waals surface area contributed by atoms with Gasteiger partial charge in [0.2, 0.25) is 0 Å². The molecule has 0 aromatic heterocycles. The summed E-state index contributed by atoms with van der Waals surface area (Å²) in [5.41, 5.74) is -1.03. The average molecular weight is 202 g/mol. The Bertz CT molecular complexity index is 132. The van der Waals surface area contributed by atoms with Gasteiger partial charge >= 0.3 is 0 Å². The molecule has 0 heterocycles. The van der Waals surface area contributed by atoms with Crippen LogP contribution in [0.1, 0.15) is 66.2 Å². The molecule has 0 fully saturated rings. The third kappa shape index (κ3) is 6.39. The van der Waals surface area contributed by atoms with Gasteiger partial charge in [0, 0.05) is 0 Å². The van der Waals surface area contributed by atoms with Crippen LogP contribution in [0.5, 0.6) is 0 Å². The van der Waals surface area contributed by atoms with Crippen LogP contribution in [0.25, 0.3) is 0 Å². The minimum atomic E-state index is -0.516. The van der Waals surface area contributed by atoms with Crippen molar-refractivity contribution in [3.63, 3.8) is 0 Å². The molecule has 0 rings (SSSR count). The molecule has 2 heteroatoms. The lowest BCUT2D eigenvalue weighted by molar-refractivity contribution is 0.0296. The lowest BCUT2D eigenvalue weighted by Crippen LogP contribution is -2.24. The molecule has 2 N–H and O–H groups in total. The van der Waals surface area contributed by atoms with Gasteiger partial charge in [-0.05, 0) is 39.5 Å². The van der Waals surface area contributed by atoms with Crippen LogP contribution in [0.4, 0.5) is 0 Å². The van der Waals surface area contributed by atoms with Crippen molar-refractivity contribution in [2.75, 3.05) is 0 Å². The fraction of sp³-hybridized carbons (Fsp3) is 1.00. The van der Waals surface area contributed by atoms with Crippen molar-refractivity contribution in [1.82, 2.24) is 0 Å². The summed E-state index contributed by atoms with van der Waals surface area (Å²) in [5.74, 6) is 0. The second kappa shape index (κ2) is 5.72. The van der Waals surface area contributed by atoms with Gasteiger partial charge in [-0.15, -0.1) is 0 Å². The summed E-state index contributed by atoms with van der Waals surface area (Å²) in [6.07, 6.45) is 5.27. The molecule has 0 bridgehead atoms. The van der Waals surface area contributed by atoms with Crippen LogP contribution in [0, 0.1) is 0 Å². The van der Waals surface area contributed by atoms with E-state index in [4.69, 9.17) is 0 Å². The van der Waals surface area contributed by atoms with E-state index in [1.54, 1.807) is 0 Å². The molecule has 0 aliphatic rings. The molecule has 0 aromatic carbocycles. The lowest BCUT2D eigenvalue weighted by Gasteiger charge is -2.24. The van der Waals surface area contributed by atoms with Crippen molar-refractivity contribution >= 4 is 0 Å². The van der Waals surface area contributed by atoms with E-state index < -0.39 is 11.2 Å². The third-order valence-corrected chi connectivity index (χ3v) is 3.20. The smallest absolute Gasteiger partial charge is 0.0617 e. The zero-order chi connectivity index (χ0) is 11.2. The first-order chi connectivity index (χ1) is 6.33. The Kier molecular flexibility index (Phi) is 5.68. The number of hydrogen-bond donors (Lipinski definition) is 2.